The maximum absolute atomic E-state index is 5.82. The molecule has 1 aromatic heterocycles. The number of nitrogen functional groups attached to an aromatic ring is 1. The van der Waals surface area contributed by atoms with E-state index in [1.165, 1.54) is 0 Å². The molecule has 0 fully saturated rings. The Labute approximate surface area is 113 Å². The zero-order chi connectivity index (χ0) is 13.5. The van der Waals surface area contributed by atoms with E-state index in [-0.39, 0.29) is 0 Å². The van der Waals surface area contributed by atoms with E-state index in [4.69, 9.17) is 10.5 Å². The van der Waals surface area contributed by atoms with Crippen molar-refractivity contribution in [2.24, 2.45) is 0 Å². The quantitative estimate of drug-likeness (QED) is 0.781. The third-order valence-electron chi connectivity index (χ3n) is 2.78. The van der Waals surface area contributed by atoms with E-state index >= 15 is 0 Å². The van der Waals surface area contributed by atoms with Gasteiger partial charge in [0.25, 0.3) is 0 Å². The lowest BCUT2D eigenvalue weighted by atomic mass is 10.2. The second-order valence-corrected chi connectivity index (χ2v) is 4.37. The molecule has 0 bridgehead atoms. The summed E-state index contributed by atoms with van der Waals surface area (Å²) >= 11 is 0. The average molecular weight is 257 g/mol. The lowest BCUT2D eigenvalue weighted by Crippen LogP contribution is -2.08. The molecule has 0 aliphatic heterocycles. The van der Waals surface area contributed by atoms with Crippen LogP contribution in [-0.2, 0) is 0 Å². The number of para-hydroxylation sites is 1. The molecule has 1 aromatic carbocycles. The van der Waals surface area contributed by atoms with Gasteiger partial charge in [0, 0.05) is 24.5 Å². The molecule has 1 heterocycles. The monoisotopic (exact) mass is 257 g/mol. The fraction of sp³-hybridized carbons (Fsp3) is 0.267. The largest absolute Gasteiger partial charge is 0.494 e. The Morgan fingerprint density at radius 1 is 1.26 bits per heavy atom. The van der Waals surface area contributed by atoms with Gasteiger partial charge in [-0.1, -0.05) is 18.2 Å². The van der Waals surface area contributed by atoms with Gasteiger partial charge in [-0.05, 0) is 31.0 Å². The molecule has 0 aliphatic carbocycles. The number of hydrogen-bond acceptors (Lipinski definition) is 4. The van der Waals surface area contributed by atoms with Gasteiger partial charge in [-0.2, -0.15) is 0 Å². The highest BCUT2D eigenvalue weighted by Crippen LogP contribution is 2.13. The zero-order valence-corrected chi connectivity index (χ0v) is 11.1. The normalized spacial score (nSPS) is 10.2. The van der Waals surface area contributed by atoms with Gasteiger partial charge in [-0.25, -0.2) is 4.98 Å². The van der Waals surface area contributed by atoms with Crippen molar-refractivity contribution in [1.29, 1.82) is 0 Å². The van der Waals surface area contributed by atoms with Crippen LogP contribution in [0.1, 0.15) is 12.0 Å². The Kier molecular flexibility index (Phi) is 4.61. The summed E-state index contributed by atoms with van der Waals surface area (Å²) in [4.78, 5) is 4.26. The maximum Gasteiger partial charge on any atom is 0.127 e. The highest BCUT2D eigenvalue weighted by atomic mass is 16.5. The van der Waals surface area contributed by atoms with E-state index in [1.54, 1.807) is 6.20 Å². The first-order chi connectivity index (χ1) is 9.25. The summed E-state index contributed by atoms with van der Waals surface area (Å²) in [5, 5.41) is 3.23. The second kappa shape index (κ2) is 6.64. The molecule has 0 saturated heterocycles. The van der Waals surface area contributed by atoms with Crippen molar-refractivity contribution >= 4 is 11.5 Å². The number of hydrogen-bond donors (Lipinski definition) is 2. The molecule has 4 nitrogen and oxygen atoms in total. The summed E-state index contributed by atoms with van der Waals surface area (Å²) in [5.41, 5.74) is 7.58. The lowest BCUT2D eigenvalue weighted by molar-refractivity contribution is 0.315. The number of anilines is 2. The number of aryl methyl sites for hydroxylation is 1. The first kappa shape index (κ1) is 13.2. The summed E-state index contributed by atoms with van der Waals surface area (Å²) in [6.07, 6.45) is 2.68. The number of nitrogens with one attached hydrogen (secondary N) is 1. The molecular weight excluding hydrogens is 238 g/mol. The number of aromatic nitrogens is 1. The molecule has 19 heavy (non-hydrogen) atoms. The highest BCUT2D eigenvalue weighted by molar-refractivity contribution is 5.53. The van der Waals surface area contributed by atoms with E-state index < -0.39 is 0 Å². The van der Waals surface area contributed by atoms with E-state index in [1.807, 2.05) is 43.3 Å². The van der Waals surface area contributed by atoms with Crippen molar-refractivity contribution in [1.82, 2.24) is 4.98 Å². The first-order valence-electron chi connectivity index (χ1n) is 6.39. The molecule has 100 valence electrons. The molecule has 2 rings (SSSR count). The van der Waals surface area contributed by atoms with Crippen LogP contribution in [0.2, 0.25) is 0 Å². The van der Waals surface area contributed by atoms with Crippen LogP contribution in [0.25, 0.3) is 0 Å². The lowest BCUT2D eigenvalue weighted by Gasteiger charge is -2.08. The van der Waals surface area contributed by atoms with Crippen molar-refractivity contribution in [2.45, 2.75) is 13.3 Å². The highest BCUT2D eigenvalue weighted by Gasteiger charge is 1.98. The summed E-state index contributed by atoms with van der Waals surface area (Å²) in [6.45, 7) is 3.43. The number of pyridine rings is 1. The molecule has 2 aromatic rings. The van der Waals surface area contributed by atoms with Crippen molar-refractivity contribution < 1.29 is 4.74 Å². The van der Waals surface area contributed by atoms with Crippen LogP contribution < -0.4 is 15.8 Å². The Morgan fingerprint density at radius 2 is 2.05 bits per heavy atom. The predicted molar refractivity (Wildman–Crippen MR) is 78.4 cm³/mol. The van der Waals surface area contributed by atoms with E-state index in [0.717, 1.165) is 35.8 Å². The summed E-state index contributed by atoms with van der Waals surface area (Å²) < 4.78 is 5.60. The maximum atomic E-state index is 5.82. The number of nitrogens with zero attached hydrogens (tertiary/aromatic N) is 1. The van der Waals surface area contributed by atoms with Crippen LogP contribution >= 0.6 is 0 Å². The molecule has 0 spiro atoms. The summed E-state index contributed by atoms with van der Waals surface area (Å²) in [5.74, 6) is 1.71. The minimum atomic E-state index is 0.679. The average Bonchev–Trinajstić information content (AvgIpc) is 2.43. The standard InChI is InChI=1S/C15H19N3O/c1-12-11-18-15(10-14(12)16)17-8-5-9-19-13-6-3-2-4-7-13/h2-4,6-7,10-11H,5,8-9H2,1H3,(H3,16,17,18). The summed E-state index contributed by atoms with van der Waals surface area (Å²) in [7, 11) is 0. The van der Waals surface area contributed by atoms with Gasteiger partial charge in [0.05, 0.1) is 6.61 Å². The molecule has 0 atom stereocenters. The van der Waals surface area contributed by atoms with Gasteiger partial charge >= 0.3 is 0 Å². The van der Waals surface area contributed by atoms with Gasteiger partial charge in [0.2, 0.25) is 0 Å². The van der Waals surface area contributed by atoms with E-state index in [9.17, 15) is 0 Å². The smallest absolute Gasteiger partial charge is 0.127 e. The van der Waals surface area contributed by atoms with Crippen molar-refractivity contribution in [3.63, 3.8) is 0 Å². The first-order valence-corrected chi connectivity index (χ1v) is 6.39. The van der Waals surface area contributed by atoms with Crippen LogP contribution in [-0.4, -0.2) is 18.1 Å². The van der Waals surface area contributed by atoms with E-state index in [2.05, 4.69) is 10.3 Å². The minimum Gasteiger partial charge on any atom is -0.494 e. The Hall–Kier alpha value is -2.23. The third kappa shape index (κ3) is 4.17. The van der Waals surface area contributed by atoms with Crippen molar-refractivity contribution in [3.8, 4) is 5.75 Å². The van der Waals surface area contributed by atoms with Crippen LogP contribution in [0.3, 0.4) is 0 Å². The van der Waals surface area contributed by atoms with Crippen LogP contribution in [0.15, 0.2) is 42.6 Å². The number of ether oxygens (including phenoxy) is 1. The van der Waals surface area contributed by atoms with Crippen LogP contribution in [0.4, 0.5) is 11.5 Å². The molecular formula is C15H19N3O. The SMILES string of the molecule is Cc1cnc(NCCCOc2ccccc2)cc1N. The van der Waals surface area contributed by atoms with Gasteiger partial charge in [-0.15, -0.1) is 0 Å². The predicted octanol–water partition coefficient (Wildman–Crippen LogP) is 2.85. The Bertz CT molecular complexity index is 514. The molecule has 0 saturated carbocycles. The topological polar surface area (TPSA) is 60.2 Å². The van der Waals surface area contributed by atoms with Crippen molar-refractivity contribution in [2.75, 3.05) is 24.2 Å². The van der Waals surface area contributed by atoms with Crippen LogP contribution in [0, 0.1) is 6.92 Å². The third-order valence-corrected chi connectivity index (χ3v) is 2.78. The molecule has 0 radical (unpaired) electrons. The molecule has 0 amide bonds. The minimum absolute atomic E-state index is 0.679. The fourth-order valence-electron chi connectivity index (χ4n) is 1.63. The fourth-order valence-corrected chi connectivity index (χ4v) is 1.63. The number of benzene rings is 1. The molecule has 0 aliphatic rings. The number of rotatable bonds is 6. The second-order valence-electron chi connectivity index (χ2n) is 4.37. The molecule has 3 N–H and O–H groups in total. The number of nitrogens with two attached hydrogens (primary N) is 1. The van der Waals surface area contributed by atoms with Gasteiger partial charge < -0.3 is 15.8 Å². The zero-order valence-electron chi connectivity index (χ0n) is 11.1. The molecule has 0 unspecified atom stereocenters. The van der Waals surface area contributed by atoms with Crippen LogP contribution in [0.5, 0.6) is 5.75 Å². The Balaban J connectivity index is 1.68. The van der Waals surface area contributed by atoms with E-state index in [0.29, 0.717) is 6.61 Å². The summed E-state index contributed by atoms with van der Waals surface area (Å²) in [6, 6.07) is 11.7. The van der Waals surface area contributed by atoms with Gasteiger partial charge in [0.15, 0.2) is 0 Å². The molecule has 4 heteroatoms. The van der Waals surface area contributed by atoms with Gasteiger partial charge in [0.1, 0.15) is 11.6 Å². The Morgan fingerprint density at radius 3 is 2.79 bits per heavy atom. The van der Waals surface area contributed by atoms with Crippen molar-refractivity contribution in [3.05, 3.63) is 48.2 Å². The van der Waals surface area contributed by atoms with Gasteiger partial charge in [-0.3, -0.25) is 0 Å².